The Kier molecular flexibility index (Phi) is 10.6. The van der Waals surface area contributed by atoms with Crippen LogP contribution in [0, 0.1) is 13.8 Å². The molecule has 2 aliphatic rings. The normalized spacial score (nSPS) is 13.9. The van der Waals surface area contributed by atoms with E-state index in [1.54, 1.807) is 17.6 Å². The fourth-order valence-corrected chi connectivity index (χ4v) is 16.3. The zero-order valence-corrected chi connectivity index (χ0v) is 32.2. The molecule has 0 nitrogen and oxygen atoms in total. The van der Waals surface area contributed by atoms with Gasteiger partial charge in [-0.1, -0.05) is 0 Å². The van der Waals surface area contributed by atoms with Crippen molar-refractivity contribution in [2.24, 2.45) is 0 Å². The Morgan fingerprint density at radius 2 is 1.02 bits per heavy atom. The van der Waals surface area contributed by atoms with Crippen molar-refractivity contribution in [3.8, 4) is 11.1 Å². The summed E-state index contributed by atoms with van der Waals surface area (Å²) in [4.78, 5) is 0. The molecule has 0 aromatic heterocycles. The Bertz CT molecular complexity index is 1690. The van der Waals surface area contributed by atoms with E-state index in [2.05, 4.69) is 159 Å². The summed E-state index contributed by atoms with van der Waals surface area (Å²) in [7, 11) is 0. The summed E-state index contributed by atoms with van der Waals surface area (Å²) < 4.78 is 3.80. The first kappa shape index (κ1) is 35.5. The van der Waals surface area contributed by atoms with Crippen molar-refractivity contribution in [2.75, 3.05) is 0 Å². The number of aryl methyl sites for hydroxylation is 2. The SMILES string of the molecule is CC1=[C]([Zr+2](=[C](c2ccc(C)cc2)c2ccc(C)cc2)[CH]2c3ccc(C(C)(C)C)cc3-c3cc(C(C)(C)C)ccc32)CC=C1.[Cl-].[Cl-]. The molecule has 4 aromatic carbocycles. The monoisotopic (exact) mass is 710 g/mol. The Morgan fingerprint density at radius 1 is 0.600 bits per heavy atom. The van der Waals surface area contributed by atoms with Gasteiger partial charge in [0.1, 0.15) is 0 Å². The van der Waals surface area contributed by atoms with Crippen molar-refractivity contribution in [3.05, 3.63) is 150 Å². The standard InChI is InChI=1S/C21H25.C15H14.C6H7.2ClH.Zr/c1-20(2,3)16-9-7-14-11-15-8-10-17(21(4,5)6)13-19(15)18(14)12-16;1-12-3-7-14(8-4-12)11-15-9-5-13(2)6-10-15;1-6-4-2-3-5-6;;;/h7-13H,1-6H3;3-10H,1-2H3;2,4H,3H2,1H3;2*1H;/q;;;;;+2/p-2. The third-order valence-electron chi connectivity index (χ3n) is 9.48. The van der Waals surface area contributed by atoms with E-state index >= 15 is 0 Å². The van der Waals surface area contributed by atoms with Gasteiger partial charge < -0.3 is 24.8 Å². The average Bonchev–Trinajstić information content (AvgIpc) is 3.52. The average molecular weight is 713 g/mol. The second-order valence-electron chi connectivity index (χ2n) is 14.8. The number of benzene rings is 4. The molecular formula is C42H46Cl2Zr. The van der Waals surface area contributed by atoms with E-state index in [0.29, 0.717) is 3.63 Å². The van der Waals surface area contributed by atoms with Crippen LogP contribution in [0.3, 0.4) is 0 Å². The van der Waals surface area contributed by atoms with Gasteiger partial charge in [0.2, 0.25) is 0 Å². The van der Waals surface area contributed by atoms with Gasteiger partial charge in [-0.05, 0) is 0 Å². The Hall–Kier alpha value is -2.31. The molecule has 45 heavy (non-hydrogen) atoms. The number of allylic oxidation sites excluding steroid dienone is 4. The maximum Gasteiger partial charge on any atom is -1.00 e. The van der Waals surface area contributed by atoms with E-state index in [1.807, 2.05) is 0 Å². The van der Waals surface area contributed by atoms with Gasteiger partial charge in [-0.3, -0.25) is 0 Å². The fraction of sp³-hybridized carbons (Fsp3) is 0.310. The molecule has 4 aromatic rings. The maximum atomic E-state index is 2.53. The van der Waals surface area contributed by atoms with Gasteiger partial charge in [-0.2, -0.15) is 0 Å². The molecule has 0 spiro atoms. The second kappa shape index (κ2) is 13.4. The predicted octanol–water partition coefficient (Wildman–Crippen LogP) is 5.10. The predicted molar refractivity (Wildman–Crippen MR) is 183 cm³/mol. The van der Waals surface area contributed by atoms with Gasteiger partial charge in [-0.25, -0.2) is 0 Å². The molecule has 3 heteroatoms. The number of fused-ring (bicyclic) bond motifs is 3. The van der Waals surface area contributed by atoms with Gasteiger partial charge in [0, 0.05) is 0 Å². The number of halogens is 2. The van der Waals surface area contributed by atoms with Gasteiger partial charge in [0.05, 0.1) is 0 Å². The van der Waals surface area contributed by atoms with Crippen molar-refractivity contribution in [1.29, 1.82) is 0 Å². The van der Waals surface area contributed by atoms with Crippen LogP contribution in [0.2, 0.25) is 0 Å². The molecule has 0 fully saturated rings. The summed E-state index contributed by atoms with van der Waals surface area (Å²) in [5.74, 6) is 0. The molecule has 0 radical (unpaired) electrons. The second-order valence-corrected chi connectivity index (χ2v) is 21.0. The van der Waals surface area contributed by atoms with E-state index in [1.165, 1.54) is 50.1 Å². The molecule has 0 amide bonds. The molecule has 0 heterocycles. The summed E-state index contributed by atoms with van der Waals surface area (Å²) in [6, 6.07) is 33.7. The van der Waals surface area contributed by atoms with Crippen molar-refractivity contribution < 1.29 is 46.1 Å². The van der Waals surface area contributed by atoms with Crippen LogP contribution in [-0.4, -0.2) is 3.21 Å². The minimum absolute atomic E-state index is 0. The minimum Gasteiger partial charge on any atom is -1.00 e. The van der Waals surface area contributed by atoms with Crippen molar-refractivity contribution in [2.45, 2.75) is 83.2 Å². The number of hydrogen-bond donors (Lipinski definition) is 0. The van der Waals surface area contributed by atoms with E-state index in [4.69, 9.17) is 0 Å². The molecule has 0 N–H and O–H groups in total. The molecule has 0 saturated heterocycles. The van der Waals surface area contributed by atoms with Crippen LogP contribution in [0.15, 0.2) is 106 Å². The van der Waals surface area contributed by atoms with Crippen LogP contribution in [-0.2, 0) is 32.1 Å². The Balaban J connectivity index is 0.00000230. The minimum atomic E-state index is -2.71. The molecule has 2 aliphatic carbocycles. The van der Waals surface area contributed by atoms with E-state index in [-0.39, 0.29) is 35.6 Å². The summed E-state index contributed by atoms with van der Waals surface area (Å²) in [5, 5.41) is 0. The molecular weight excluding hydrogens is 667 g/mol. The van der Waals surface area contributed by atoms with Crippen LogP contribution < -0.4 is 24.8 Å². The van der Waals surface area contributed by atoms with Gasteiger partial charge in [0.25, 0.3) is 0 Å². The zero-order chi connectivity index (χ0) is 30.7. The topological polar surface area (TPSA) is 0 Å². The summed E-state index contributed by atoms with van der Waals surface area (Å²) >= 11 is -2.71. The molecule has 0 unspecified atom stereocenters. The summed E-state index contributed by atoms with van der Waals surface area (Å²) in [6.07, 6.45) is 5.89. The first-order valence-corrected chi connectivity index (χ1v) is 19.7. The first-order chi connectivity index (χ1) is 20.3. The van der Waals surface area contributed by atoms with Crippen LogP contribution in [0.1, 0.15) is 103 Å². The number of rotatable bonds is 4. The van der Waals surface area contributed by atoms with Crippen LogP contribution >= 0.6 is 0 Å². The quantitative estimate of drug-likeness (QED) is 0.277. The first-order valence-electron chi connectivity index (χ1n) is 15.9. The Labute approximate surface area is 292 Å². The van der Waals surface area contributed by atoms with Crippen LogP contribution in [0.5, 0.6) is 0 Å². The molecule has 0 saturated carbocycles. The van der Waals surface area contributed by atoms with Crippen LogP contribution in [0.25, 0.3) is 11.1 Å². The van der Waals surface area contributed by atoms with Crippen molar-refractivity contribution in [1.82, 2.24) is 0 Å². The summed E-state index contributed by atoms with van der Waals surface area (Å²) in [6.45, 7) is 20.8. The van der Waals surface area contributed by atoms with Gasteiger partial charge in [-0.15, -0.1) is 0 Å². The van der Waals surface area contributed by atoms with Crippen molar-refractivity contribution >= 4 is 3.21 Å². The van der Waals surface area contributed by atoms with E-state index in [9.17, 15) is 0 Å². The van der Waals surface area contributed by atoms with E-state index < -0.39 is 21.3 Å². The zero-order valence-electron chi connectivity index (χ0n) is 28.3. The largest absolute Gasteiger partial charge is 1.00 e. The van der Waals surface area contributed by atoms with Crippen LogP contribution in [0.4, 0.5) is 0 Å². The maximum absolute atomic E-state index is 2.71. The fourth-order valence-electron chi connectivity index (χ4n) is 6.82. The third-order valence-corrected chi connectivity index (χ3v) is 18.2. The molecule has 6 rings (SSSR count). The third kappa shape index (κ3) is 6.88. The number of hydrogen-bond acceptors (Lipinski definition) is 0. The Morgan fingerprint density at radius 3 is 1.38 bits per heavy atom. The molecule has 0 bridgehead atoms. The van der Waals surface area contributed by atoms with Gasteiger partial charge >= 0.3 is 269 Å². The summed E-state index contributed by atoms with van der Waals surface area (Å²) in [5.41, 5.74) is 16.0. The molecule has 232 valence electrons. The van der Waals surface area contributed by atoms with E-state index in [0.717, 1.165) is 6.42 Å². The van der Waals surface area contributed by atoms with Gasteiger partial charge in [0.15, 0.2) is 0 Å². The smallest absolute Gasteiger partial charge is 1.00 e. The van der Waals surface area contributed by atoms with Crippen molar-refractivity contribution in [3.63, 3.8) is 0 Å². The molecule has 0 atom stereocenters. The molecule has 0 aliphatic heterocycles.